The van der Waals surface area contributed by atoms with Gasteiger partial charge in [-0.2, -0.15) is 5.10 Å². The van der Waals surface area contributed by atoms with E-state index in [9.17, 15) is 14.9 Å². The van der Waals surface area contributed by atoms with Crippen molar-refractivity contribution in [1.29, 1.82) is 0 Å². The molecule has 0 unspecified atom stereocenters. The minimum absolute atomic E-state index is 0.0169. The Labute approximate surface area is 127 Å². The van der Waals surface area contributed by atoms with Gasteiger partial charge in [-0.05, 0) is 37.6 Å². The van der Waals surface area contributed by atoms with E-state index in [4.69, 9.17) is 0 Å². The first-order chi connectivity index (χ1) is 10.4. The fourth-order valence-electron chi connectivity index (χ4n) is 1.96. The van der Waals surface area contributed by atoms with Crippen LogP contribution in [0.25, 0.3) is 0 Å². The van der Waals surface area contributed by atoms with E-state index in [0.717, 1.165) is 11.3 Å². The summed E-state index contributed by atoms with van der Waals surface area (Å²) < 4.78 is 0. The van der Waals surface area contributed by atoms with Crippen LogP contribution in [0.5, 0.6) is 0 Å². The van der Waals surface area contributed by atoms with Crippen molar-refractivity contribution in [3.05, 3.63) is 57.9 Å². The van der Waals surface area contributed by atoms with Crippen LogP contribution in [0, 0.1) is 10.1 Å². The number of H-pyrrole nitrogens is 1. The number of nitrogens with zero attached hydrogens (tertiary/aromatic N) is 2. The molecule has 0 atom stereocenters. The molecule has 8 heteroatoms. The van der Waals surface area contributed by atoms with E-state index in [0.29, 0.717) is 6.54 Å². The monoisotopic (exact) mass is 303 g/mol. The van der Waals surface area contributed by atoms with Gasteiger partial charge in [-0.3, -0.25) is 15.2 Å². The van der Waals surface area contributed by atoms with Gasteiger partial charge in [-0.25, -0.2) is 4.79 Å². The molecule has 0 bridgehead atoms. The van der Waals surface area contributed by atoms with Crippen LogP contribution in [-0.4, -0.2) is 21.2 Å². The number of aromatic amines is 1. The van der Waals surface area contributed by atoms with Crippen molar-refractivity contribution in [2.75, 3.05) is 0 Å². The summed E-state index contributed by atoms with van der Waals surface area (Å²) in [5.41, 5.74) is 0.925. The topological polar surface area (TPSA) is 113 Å². The number of amides is 2. The molecule has 2 amide bonds. The SMILES string of the molecule is CC(C)(NC(=O)NCc1ccn[nH]1)c1ccc([N+](=O)[O-])cc1. The normalized spacial score (nSPS) is 11.0. The summed E-state index contributed by atoms with van der Waals surface area (Å²) in [6.07, 6.45) is 1.61. The van der Waals surface area contributed by atoms with Gasteiger partial charge in [0, 0.05) is 18.3 Å². The summed E-state index contributed by atoms with van der Waals surface area (Å²) in [6.45, 7) is 3.98. The number of aromatic nitrogens is 2. The Bertz CT molecular complexity index is 650. The van der Waals surface area contributed by atoms with Gasteiger partial charge in [0.25, 0.3) is 5.69 Å². The zero-order valence-corrected chi connectivity index (χ0v) is 12.3. The van der Waals surface area contributed by atoms with E-state index in [2.05, 4.69) is 20.8 Å². The van der Waals surface area contributed by atoms with Gasteiger partial charge in [0.2, 0.25) is 0 Å². The lowest BCUT2D eigenvalue weighted by atomic mass is 9.94. The number of nitrogens with one attached hydrogen (secondary N) is 3. The number of non-ortho nitro benzene ring substituents is 1. The van der Waals surface area contributed by atoms with Crippen LogP contribution in [0.2, 0.25) is 0 Å². The first-order valence-electron chi connectivity index (χ1n) is 6.68. The number of benzene rings is 1. The third kappa shape index (κ3) is 3.81. The summed E-state index contributed by atoms with van der Waals surface area (Å²) in [4.78, 5) is 22.1. The van der Waals surface area contributed by atoms with Crippen LogP contribution >= 0.6 is 0 Å². The van der Waals surface area contributed by atoms with E-state index in [1.807, 2.05) is 13.8 Å². The van der Waals surface area contributed by atoms with Crippen molar-refractivity contribution in [1.82, 2.24) is 20.8 Å². The van der Waals surface area contributed by atoms with E-state index in [1.54, 1.807) is 24.4 Å². The van der Waals surface area contributed by atoms with Gasteiger partial charge < -0.3 is 10.6 Å². The molecule has 0 saturated heterocycles. The third-order valence-electron chi connectivity index (χ3n) is 3.22. The van der Waals surface area contributed by atoms with Gasteiger partial charge in [0.1, 0.15) is 0 Å². The van der Waals surface area contributed by atoms with Gasteiger partial charge in [-0.15, -0.1) is 0 Å². The summed E-state index contributed by atoms with van der Waals surface area (Å²) in [5, 5.41) is 22.7. The molecule has 0 aliphatic rings. The number of carbonyl (C=O) groups is 1. The molecule has 0 aliphatic carbocycles. The predicted octanol–water partition coefficient (Wildman–Crippen LogP) is 2.05. The molecule has 1 heterocycles. The molecule has 0 fully saturated rings. The largest absolute Gasteiger partial charge is 0.333 e. The van der Waals surface area contributed by atoms with Gasteiger partial charge in [-0.1, -0.05) is 0 Å². The molecule has 22 heavy (non-hydrogen) atoms. The molecule has 1 aromatic carbocycles. The van der Waals surface area contributed by atoms with Crippen molar-refractivity contribution in [3.63, 3.8) is 0 Å². The molecular weight excluding hydrogens is 286 g/mol. The first kappa shape index (κ1) is 15.5. The second-order valence-electron chi connectivity index (χ2n) is 5.32. The molecule has 2 rings (SSSR count). The van der Waals surface area contributed by atoms with Crippen molar-refractivity contribution < 1.29 is 9.72 Å². The number of hydrogen-bond acceptors (Lipinski definition) is 4. The fourth-order valence-corrected chi connectivity index (χ4v) is 1.96. The molecule has 116 valence electrons. The quantitative estimate of drug-likeness (QED) is 0.579. The van der Waals surface area contributed by atoms with Gasteiger partial charge in [0.15, 0.2) is 0 Å². The number of nitro benzene ring substituents is 1. The fraction of sp³-hybridized carbons (Fsp3) is 0.286. The number of hydrogen-bond donors (Lipinski definition) is 3. The van der Waals surface area contributed by atoms with Crippen LogP contribution in [0.4, 0.5) is 10.5 Å². The Balaban J connectivity index is 1.97. The molecule has 1 aromatic heterocycles. The highest BCUT2D eigenvalue weighted by Gasteiger charge is 2.23. The van der Waals surface area contributed by atoms with Crippen molar-refractivity contribution in [2.24, 2.45) is 0 Å². The lowest BCUT2D eigenvalue weighted by Crippen LogP contribution is -2.46. The minimum Gasteiger partial charge on any atom is -0.333 e. The minimum atomic E-state index is -0.660. The van der Waals surface area contributed by atoms with Crippen LogP contribution < -0.4 is 10.6 Å². The Morgan fingerprint density at radius 1 is 1.32 bits per heavy atom. The second-order valence-corrected chi connectivity index (χ2v) is 5.32. The summed E-state index contributed by atoms with van der Waals surface area (Å²) >= 11 is 0. The average Bonchev–Trinajstić information content (AvgIpc) is 2.98. The van der Waals surface area contributed by atoms with Crippen LogP contribution in [-0.2, 0) is 12.1 Å². The third-order valence-corrected chi connectivity index (χ3v) is 3.22. The maximum absolute atomic E-state index is 11.9. The van der Waals surface area contributed by atoms with Crippen molar-refractivity contribution in [3.8, 4) is 0 Å². The van der Waals surface area contributed by atoms with Crippen LogP contribution in [0.1, 0.15) is 25.1 Å². The van der Waals surface area contributed by atoms with E-state index >= 15 is 0 Å². The molecule has 8 nitrogen and oxygen atoms in total. The van der Waals surface area contributed by atoms with Crippen LogP contribution in [0.15, 0.2) is 36.5 Å². The molecule has 0 spiro atoms. The van der Waals surface area contributed by atoms with Crippen molar-refractivity contribution in [2.45, 2.75) is 25.9 Å². The van der Waals surface area contributed by atoms with Gasteiger partial charge >= 0.3 is 6.03 Å². The van der Waals surface area contributed by atoms with Crippen LogP contribution in [0.3, 0.4) is 0 Å². The molecule has 3 N–H and O–H groups in total. The number of carbonyl (C=O) groups excluding carboxylic acids is 1. The Kier molecular flexibility index (Phi) is 4.40. The first-order valence-corrected chi connectivity index (χ1v) is 6.68. The molecule has 2 aromatic rings. The molecule has 0 radical (unpaired) electrons. The Morgan fingerprint density at radius 2 is 2.00 bits per heavy atom. The van der Waals surface area contributed by atoms with E-state index < -0.39 is 10.5 Å². The maximum Gasteiger partial charge on any atom is 0.315 e. The number of rotatable bonds is 5. The standard InChI is InChI=1S/C14H17N5O3/c1-14(2,10-3-5-12(6-4-10)19(21)22)17-13(20)15-9-11-7-8-16-18-11/h3-8H,9H2,1-2H3,(H,16,18)(H2,15,17,20). The summed E-state index contributed by atoms with van der Waals surface area (Å²) in [7, 11) is 0. The average molecular weight is 303 g/mol. The highest BCUT2D eigenvalue weighted by Crippen LogP contribution is 2.22. The van der Waals surface area contributed by atoms with E-state index in [-0.39, 0.29) is 11.7 Å². The van der Waals surface area contributed by atoms with E-state index in [1.165, 1.54) is 12.1 Å². The maximum atomic E-state index is 11.9. The Morgan fingerprint density at radius 3 is 2.55 bits per heavy atom. The second kappa shape index (κ2) is 6.25. The molecule has 0 aliphatic heterocycles. The lowest BCUT2D eigenvalue weighted by molar-refractivity contribution is -0.384. The zero-order valence-electron chi connectivity index (χ0n) is 12.3. The number of urea groups is 1. The van der Waals surface area contributed by atoms with Crippen molar-refractivity contribution >= 4 is 11.7 Å². The summed E-state index contributed by atoms with van der Waals surface area (Å²) in [6, 6.07) is 7.53. The highest BCUT2D eigenvalue weighted by atomic mass is 16.6. The lowest BCUT2D eigenvalue weighted by Gasteiger charge is -2.26. The Hall–Kier alpha value is -2.90. The smallest absolute Gasteiger partial charge is 0.315 e. The molecule has 0 saturated carbocycles. The highest BCUT2D eigenvalue weighted by molar-refractivity contribution is 5.74. The zero-order chi connectivity index (χ0) is 16.2. The predicted molar refractivity (Wildman–Crippen MR) is 80.1 cm³/mol. The van der Waals surface area contributed by atoms with Gasteiger partial charge in [0.05, 0.1) is 22.7 Å². The number of nitro groups is 1. The molecular formula is C14H17N5O3. The summed E-state index contributed by atoms with van der Waals surface area (Å²) in [5.74, 6) is 0.